The largest absolute Gasteiger partial charge is 0.478 e. The molecule has 20 heavy (non-hydrogen) atoms. The van der Waals surface area contributed by atoms with Crippen LogP contribution in [0.4, 0.5) is 10.5 Å². The van der Waals surface area contributed by atoms with Crippen molar-refractivity contribution in [3.05, 3.63) is 28.2 Å². The average Bonchev–Trinajstić information content (AvgIpc) is 2.38. The molecule has 0 saturated heterocycles. The number of benzene rings is 1. The van der Waals surface area contributed by atoms with E-state index in [1.165, 1.54) is 6.07 Å². The normalized spacial score (nSPS) is 11.8. The number of halogens is 1. The highest BCUT2D eigenvalue weighted by atomic mass is 79.9. The van der Waals surface area contributed by atoms with Crippen LogP contribution in [-0.4, -0.2) is 34.7 Å². The zero-order valence-corrected chi connectivity index (χ0v) is 13.7. The minimum absolute atomic E-state index is 0.00992. The van der Waals surface area contributed by atoms with E-state index < -0.39 is 12.0 Å². The van der Waals surface area contributed by atoms with Gasteiger partial charge in [0.25, 0.3) is 0 Å². The summed E-state index contributed by atoms with van der Waals surface area (Å²) in [6.07, 6.45) is 0. The van der Waals surface area contributed by atoms with E-state index in [0.717, 1.165) is 11.5 Å². The van der Waals surface area contributed by atoms with E-state index in [0.29, 0.717) is 4.47 Å². The second-order valence-corrected chi connectivity index (χ2v) is 6.30. The number of carbonyl (C=O) groups is 2. The number of anilines is 1. The fourth-order valence-corrected chi connectivity index (χ4v) is 2.68. The van der Waals surface area contributed by atoms with Crippen molar-refractivity contribution in [2.75, 3.05) is 16.8 Å². The lowest BCUT2D eigenvalue weighted by atomic mass is 10.2. The number of carbonyl (C=O) groups excluding carboxylic acids is 1. The summed E-state index contributed by atoms with van der Waals surface area (Å²) in [6, 6.07) is 4.33. The summed E-state index contributed by atoms with van der Waals surface area (Å²) >= 11 is 4.97. The van der Waals surface area contributed by atoms with Gasteiger partial charge in [0, 0.05) is 16.3 Å². The van der Waals surface area contributed by atoms with Crippen molar-refractivity contribution < 1.29 is 14.7 Å². The third kappa shape index (κ3) is 5.05. The van der Waals surface area contributed by atoms with E-state index in [4.69, 9.17) is 5.11 Å². The summed E-state index contributed by atoms with van der Waals surface area (Å²) in [6.45, 7) is 3.96. The molecule has 0 radical (unpaired) electrons. The fourth-order valence-electron chi connectivity index (χ4n) is 1.54. The Morgan fingerprint density at radius 1 is 1.45 bits per heavy atom. The van der Waals surface area contributed by atoms with E-state index in [-0.39, 0.29) is 17.3 Å². The van der Waals surface area contributed by atoms with Crippen molar-refractivity contribution in [3.8, 4) is 0 Å². The van der Waals surface area contributed by atoms with E-state index in [9.17, 15) is 9.59 Å². The molecule has 0 aliphatic carbocycles. The van der Waals surface area contributed by atoms with Crippen molar-refractivity contribution in [1.29, 1.82) is 0 Å². The van der Waals surface area contributed by atoms with E-state index >= 15 is 0 Å². The second kappa shape index (κ2) is 8.16. The van der Waals surface area contributed by atoms with Crippen molar-refractivity contribution in [1.82, 2.24) is 5.32 Å². The zero-order valence-electron chi connectivity index (χ0n) is 11.3. The number of urea groups is 1. The topological polar surface area (TPSA) is 78.4 Å². The maximum absolute atomic E-state index is 11.9. The number of thioether (sulfide) groups is 1. The van der Waals surface area contributed by atoms with Crippen LogP contribution in [0.1, 0.15) is 24.2 Å². The molecule has 3 N–H and O–H groups in total. The summed E-state index contributed by atoms with van der Waals surface area (Å²) in [5, 5.41) is 14.5. The van der Waals surface area contributed by atoms with Gasteiger partial charge in [0.2, 0.25) is 0 Å². The van der Waals surface area contributed by atoms with Gasteiger partial charge in [0.1, 0.15) is 0 Å². The number of nitrogens with one attached hydrogen (secondary N) is 2. The van der Waals surface area contributed by atoms with Crippen LogP contribution < -0.4 is 10.6 Å². The van der Waals surface area contributed by atoms with Crippen molar-refractivity contribution in [2.45, 2.75) is 19.9 Å². The highest BCUT2D eigenvalue weighted by molar-refractivity contribution is 9.10. The van der Waals surface area contributed by atoms with Crippen molar-refractivity contribution in [3.63, 3.8) is 0 Å². The predicted octanol–water partition coefficient (Wildman–Crippen LogP) is 3.41. The lowest BCUT2D eigenvalue weighted by Crippen LogP contribution is -2.38. The summed E-state index contributed by atoms with van der Waals surface area (Å²) in [7, 11) is 0. The monoisotopic (exact) mass is 360 g/mol. The molecule has 0 spiro atoms. The molecule has 5 nitrogen and oxygen atoms in total. The molecule has 1 aromatic carbocycles. The van der Waals surface area contributed by atoms with Gasteiger partial charge in [-0.3, -0.25) is 0 Å². The Morgan fingerprint density at radius 3 is 2.75 bits per heavy atom. The molecule has 0 heterocycles. The van der Waals surface area contributed by atoms with E-state index in [1.807, 2.05) is 6.92 Å². The minimum Gasteiger partial charge on any atom is -0.478 e. The lowest BCUT2D eigenvalue weighted by molar-refractivity contribution is 0.0698. The zero-order chi connectivity index (χ0) is 15.1. The SMILES string of the molecule is CCSCC(C)NC(=O)Nc1c(Br)cccc1C(=O)O. The molecule has 1 unspecified atom stereocenters. The van der Waals surface area contributed by atoms with Crippen LogP contribution in [0, 0.1) is 0 Å². The fraction of sp³-hybridized carbons (Fsp3) is 0.385. The number of hydrogen-bond donors (Lipinski definition) is 3. The van der Waals surface area contributed by atoms with Gasteiger partial charge in [0.05, 0.1) is 11.3 Å². The van der Waals surface area contributed by atoms with Crippen molar-refractivity contribution in [2.24, 2.45) is 0 Å². The molecule has 0 aromatic heterocycles. The maximum Gasteiger partial charge on any atom is 0.337 e. The molecule has 0 saturated carbocycles. The van der Waals surface area contributed by atoms with E-state index in [2.05, 4.69) is 33.5 Å². The van der Waals surface area contributed by atoms with Crippen molar-refractivity contribution >= 4 is 45.4 Å². The molecular weight excluding hydrogens is 344 g/mol. The van der Waals surface area contributed by atoms with Gasteiger partial charge in [-0.05, 0) is 40.7 Å². The van der Waals surface area contributed by atoms with Gasteiger partial charge in [-0.25, -0.2) is 9.59 Å². The van der Waals surface area contributed by atoms with Gasteiger partial charge in [-0.2, -0.15) is 11.8 Å². The number of hydrogen-bond acceptors (Lipinski definition) is 3. The smallest absolute Gasteiger partial charge is 0.337 e. The molecule has 0 aliphatic heterocycles. The standard InChI is InChI=1S/C13H17BrN2O3S/c1-3-20-7-8(2)15-13(19)16-11-9(12(17)18)5-4-6-10(11)14/h4-6,8H,3,7H2,1-2H3,(H,17,18)(H2,15,16,19). The number of aromatic carboxylic acids is 1. The molecule has 1 rings (SSSR count). The highest BCUT2D eigenvalue weighted by Gasteiger charge is 2.16. The quantitative estimate of drug-likeness (QED) is 0.726. The van der Waals surface area contributed by atoms with Gasteiger partial charge in [-0.1, -0.05) is 13.0 Å². The van der Waals surface area contributed by atoms with Gasteiger partial charge in [0.15, 0.2) is 0 Å². The Hall–Kier alpha value is -1.21. The Bertz CT molecular complexity index is 497. The Morgan fingerprint density at radius 2 is 2.15 bits per heavy atom. The predicted molar refractivity (Wildman–Crippen MR) is 85.7 cm³/mol. The van der Waals surface area contributed by atoms with Gasteiger partial charge >= 0.3 is 12.0 Å². The first-order chi connectivity index (χ1) is 9.45. The lowest BCUT2D eigenvalue weighted by Gasteiger charge is -2.15. The van der Waals surface area contributed by atoms with Crippen LogP contribution in [0.25, 0.3) is 0 Å². The number of rotatable bonds is 6. The Labute approximate surface area is 130 Å². The Kier molecular flexibility index (Phi) is 6.87. The molecular formula is C13H17BrN2O3S. The summed E-state index contributed by atoms with van der Waals surface area (Å²) in [5.74, 6) is 0.711. The molecule has 2 amide bonds. The molecule has 110 valence electrons. The molecule has 0 bridgehead atoms. The van der Waals surface area contributed by atoms with Crippen LogP contribution in [0.2, 0.25) is 0 Å². The van der Waals surface area contributed by atoms with Crippen LogP contribution in [0.15, 0.2) is 22.7 Å². The van der Waals surface area contributed by atoms with E-state index in [1.54, 1.807) is 23.9 Å². The van der Waals surface area contributed by atoms with Gasteiger partial charge in [-0.15, -0.1) is 0 Å². The number of carboxylic acid groups (broad SMARTS) is 1. The summed E-state index contributed by atoms with van der Waals surface area (Å²) < 4.78 is 0.531. The highest BCUT2D eigenvalue weighted by Crippen LogP contribution is 2.26. The van der Waals surface area contributed by atoms with Crippen LogP contribution in [0.3, 0.4) is 0 Å². The molecule has 0 aliphatic rings. The first-order valence-electron chi connectivity index (χ1n) is 6.12. The van der Waals surface area contributed by atoms with Crippen LogP contribution in [0.5, 0.6) is 0 Å². The first-order valence-corrected chi connectivity index (χ1v) is 8.07. The molecule has 7 heteroatoms. The van der Waals surface area contributed by atoms with Crippen LogP contribution in [-0.2, 0) is 0 Å². The summed E-state index contributed by atoms with van der Waals surface area (Å²) in [5.41, 5.74) is 0.304. The number of carboxylic acids is 1. The molecule has 1 aromatic rings. The second-order valence-electron chi connectivity index (χ2n) is 4.13. The number of amides is 2. The summed E-state index contributed by atoms with van der Waals surface area (Å²) in [4.78, 5) is 23.0. The first kappa shape index (κ1) is 16.8. The molecule has 0 fully saturated rings. The number of para-hydroxylation sites is 1. The average molecular weight is 361 g/mol. The third-order valence-corrected chi connectivity index (χ3v) is 4.24. The van der Waals surface area contributed by atoms with Gasteiger partial charge < -0.3 is 15.7 Å². The maximum atomic E-state index is 11.9. The minimum atomic E-state index is -1.09. The Balaban J connectivity index is 2.73. The van der Waals surface area contributed by atoms with Crippen LogP contribution >= 0.6 is 27.7 Å². The molecule has 1 atom stereocenters. The third-order valence-electron chi connectivity index (χ3n) is 2.43.